The van der Waals surface area contributed by atoms with Crippen LogP contribution in [0.25, 0.3) is 0 Å². The Morgan fingerprint density at radius 3 is 2.11 bits per heavy atom. The maximum absolute atomic E-state index is 3.48. The van der Waals surface area contributed by atoms with E-state index in [1.165, 1.54) is 5.69 Å². The van der Waals surface area contributed by atoms with E-state index in [0.29, 0.717) is 6.04 Å². The molecule has 100 valence electrons. The number of para-hydroxylation sites is 2. The summed E-state index contributed by atoms with van der Waals surface area (Å²) in [5.41, 5.74) is 2.42. The summed E-state index contributed by atoms with van der Waals surface area (Å²) < 4.78 is 0. The number of hydrogen-bond acceptors (Lipinski definition) is 2. The van der Waals surface area contributed by atoms with Crippen molar-refractivity contribution in [3.63, 3.8) is 0 Å². The minimum Gasteiger partial charge on any atom is -0.368 e. The Balaban J connectivity index is 2.07. The summed E-state index contributed by atoms with van der Waals surface area (Å²) in [6, 6.07) is 21.4. The van der Waals surface area contributed by atoms with Gasteiger partial charge in [-0.15, -0.1) is 0 Å². The monoisotopic (exact) mass is 254 g/mol. The molecule has 2 aromatic carbocycles. The maximum atomic E-state index is 3.48. The minimum atomic E-state index is 0.513. The lowest BCUT2D eigenvalue weighted by Gasteiger charge is -2.31. The Labute approximate surface area is 116 Å². The first-order valence-corrected chi connectivity index (χ1v) is 6.92. The summed E-state index contributed by atoms with van der Waals surface area (Å²) in [6.45, 7) is 5.31. The standard InChI is InChI=1S/C17H22N2/c1-3-15(2)19(17-12-8-5-9-13-17)14-18-16-10-6-4-7-11-16/h4-13,15,18H,3,14H2,1-2H3. The predicted octanol–water partition coefficient (Wildman–Crippen LogP) is 4.36. The van der Waals surface area contributed by atoms with Crippen molar-refractivity contribution in [1.29, 1.82) is 0 Å². The molecule has 2 heteroatoms. The lowest BCUT2D eigenvalue weighted by molar-refractivity contribution is 0.633. The first kappa shape index (κ1) is 13.5. The first-order chi connectivity index (χ1) is 9.31. The quantitative estimate of drug-likeness (QED) is 0.770. The van der Waals surface area contributed by atoms with Crippen LogP contribution in [-0.4, -0.2) is 12.7 Å². The van der Waals surface area contributed by atoms with E-state index in [1.54, 1.807) is 0 Å². The molecule has 19 heavy (non-hydrogen) atoms. The normalized spacial score (nSPS) is 11.9. The Morgan fingerprint density at radius 1 is 0.947 bits per heavy atom. The zero-order chi connectivity index (χ0) is 13.5. The van der Waals surface area contributed by atoms with Crippen molar-refractivity contribution in [2.75, 3.05) is 16.9 Å². The van der Waals surface area contributed by atoms with E-state index in [1.807, 2.05) is 6.07 Å². The van der Waals surface area contributed by atoms with Crippen LogP contribution in [0.15, 0.2) is 60.7 Å². The zero-order valence-electron chi connectivity index (χ0n) is 11.7. The summed E-state index contributed by atoms with van der Waals surface area (Å²) in [5, 5.41) is 3.48. The lowest BCUT2D eigenvalue weighted by Crippen LogP contribution is -2.36. The van der Waals surface area contributed by atoms with Crippen LogP contribution >= 0.6 is 0 Å². The van der Waals surface area contributed by atoms with E-state index in [0.717, 1.165) is 18.8 Å². The minimum absolute atomic E-state index is 0.513. The van der Waals surface area contributed by atoms with Crippen molar-refractivity contribution in [2.45, 2.75) is 26.3 Å². The topological polar surface area (TPSA) is 15.3 Å². The van der Waals surface area contributed by atoms with Crippen LogP contribution in [0.1, 0.15) is 20.3 Å². The third-order valence-electron chi connectivity index (χ3n) is 3.44. The SMILES string of the molecule is CCC(C)N(CNc1ccccc1)c1ccccc1. The summed E-state index contributed by atoms with van der Waals surface area (Å²) in [4.78, 5) is 2.40. The van der Waals surface area contributed by atoms with Crippen LogP contribution in [0.3, 0.4) is 0 Å². The molecule has 0 aliphatic carbocycles. The third kappa shape index (κ3) is 3.75. The molecule has 1 N–H and O–H groups in total. The molecule has 0 saturated carbocycles. The summed E-state index contributed by atoms with van der Waals surface area (Å²) in [7, 11) is 0. The van der Waals surface area contributed by atoms with Crippen molar-refractivity contribution < 1.29 is 0 Å². The fourth-order valence-corrected chi connectivity index (χ4v) is 2.07. The van der Waals surface area contributed by atoms with Gasteiger partial charge in [0, 0.05) is 17.4 Å². The number of nitrogens with one attached hydrogen (secondary N) is 1. The fourth-order valence-electron chi connectivity index (χ4n) is 2.07. The van der Waals surface area contributed by atoms with Gasteiger partial charge in [0.05, 0.1) is 6.67 Å². The number of rotatable bonds is 6. The van der Waals surface area contributed by atoms with Crippen LogP contribution in [0.2, 0.25) is 0 Å². The Hall–Kier alpha value is -1.96. The van der Waals surface area contributed by atoms with Gasteiger partial charge >= 0.3 is 0 Å². The van der Waals surface area contributed by atoms with Crippen LogP contribution in [0.5, 0.6) is 0 Å². The van der Waals surface area contributed by atoms with Gasteiger partial charge in [-0.25, -0.2) is 0 Å². The van der Waals surface area contributed by atoms with E-state index < -0.39 is 0 Å². The molecular weight excluding hydrogens is 232 g/mol. The van der Waals surface area contributed by atoms with Crippen molar-refractivity contribution in [1.82, 2.24) is 0 Å². The predicted molar refractivity (Wildman–Crippen MR) is 83.6 cm³/mol. The molecule has 2 rings (SSSR count). The van der Waals surface area contributed by atoms with E-state index in [4.69, 9.17) is 0 Å². The van der Waals surface area contributed by atoms with Gasteiger partial charge in [-0.2, -0.15) is 0 Å². The molecule has 0 bridgehead atoms. The van der Waals surface area contributed by atoms with Gasteiger partial charge < -0.3 is 10.2 Å². The van der Waals surface area contributed by atoms with Gasteiger partial charge in [0.25, 0.3) is 0 Å². The third-order valence-corrected chi connectivity index (χ3v) is 3.44. The molecule has 1 unspecified atom stereocenters. The molecule has 0 amide bonds. The largest absolute Gasteiger partial charge is 0.368 e. The molecular formula is C17H22N2. The number of benzene rings is 2. The van der Waals surface area contributed by atoms with E-state index in [9.17, 15) is 0 Å². The van der Waals surface area contributed by atoms with Crippen LogP contribution in [0.4, 0.5) is 11.4 Å². The van der Waals surface area contributed by atoms with Crippen LogP contribution in [0, 0.1) is 0 Å². The fraction of sp³-hybridized carbons (Fsp3) is 0.294. The average Bonchev–Trinajstić information content (AvgIpc) is 2.49. The van der Waals surface area contributed by atoms with Gasteiger partial charge in [0.15, 0.2) is 0 Å². The van der Waals surface area contributed by atoms with E-state index in [2.05, 4.69) is 78.7 Å². The first-order valence-electron chi connectivity index (χ1n) is 6.92. The molecule has 0 heterocycles. The van der Waals surface area contributed by atoms with Gasteiger partial charge in [-0.3, -0.25) is 0 Å². The zero-order valence-corrected chi connectivity index (χ0v) is 11.7. The van der Waals surface area contributed by atoms with Crippen LogP contribution < -0.4 is 10.2 Å². The molecule has 0 radical (unpaired) electrons. The number of anilines is 2. The maximum Gasteiger partial charge on any atom is 0.0879 e. The highest BCUT2D eigenvalue weighted by molar-refractivity contribution is 5.50. The second-order valence-corrected chi connectivity index (χ2v) is 4.76. The number of nitrogens with zero attached hydrogens (tertiary/aromatic N) is 1. The van der Waals surface area contributed by atoms with Gasteiger partial charge in [-0.1, -0.05) is 43.3 Å². The molecule has 0 aliphatic rings. The lowest BCUT2D eigenvalue weighted by atomic mass is 10.2. The second kappa shape index (κ2) is 6.83. The summed E-state index contributed by atoms with van der Waals surface area (Å²) in [6.07, 6.45) is 1.13. The molecule has 0 aromatic heterocycles. The summed E-state index contributed by atoms with van der Waals surface area (Å²) >= 11 is 0. The average molecular weight is 254 g/mol. The van der Waals surface area contributed by atoms with Gasteiger partial charge in [0.1, 0.15) is 0 Å². The molecule has 1 atom stereocenters. The molecule has 0 saturated heterocycles. The highest BCUT2D eigenvalue weighted by Crippen LogP contribution is 2.18. The highest BCUT2D eigenvalue weighted by Gasteiger charge is 2.11. The van der Waals surface area contributed by atoms with Gasteiger partial charge in [0.2, 0.25) is 0 Å². The van der Waals surface area contributed by atoms with Crippen molar-refractivity contribution in [3.05, 3.63) is 60.7 Å². The molecule has 0 fully saturated rings. The molecule has 0 spiro atoms. The molecule has 2 nitrogen and oxygen atoms in total. The van der Waals surface area contributed by atoms with Gasteiger partial charge in [-0.05, 0) is 37.6 Å². The second-order valence-electron chi connectivity index (χ2n) is 4.76. The smallest absolute Gasteiger partial charge is 0.0879 e. The summed E-state index contributed by atoms with van der Waals surface area (Å²) in [5.74, 6) is 0. The number of hydrogen-bond donors (Lipinski definition) is 1. The Kier molecular flexibility index (Phi) is 4.85. The van der Waals surface area contributed by atoms with Crippen molar-refractivity contribution in [3.8, 4) is 0 Å². The Morgan fingerprint density at radius 2 is 1.53 bits per heavy atom. The van der Waals surface area contributed by atoms with E-state index >= 15 is 0 Å². The molecule has 0 aliphatic heterocycles. The van der Waals surface area contributed by atoms with E-state index in [-0.39, 0.29) is 0 Å². The van der Waals surface area contributed by atoms with Crippen molar-refractivity contribution >= 4 is 11.4 Å². The van der Waals surface area contributed by atoms with Crippen molar-refractivity contribution in [2.24, 2.45) is 0 Å². The Bertz CT molecular complexity index is 467. The van der Waals surface area contributed by atoms with Crippen LogP contribution in [-0.2, 0) is 0 Å². The molecule has 2 aromatic rings. The highest BCUT2D eigenvalue weighted by atomic mass is 15.2.